The van der Waals surface area contributed by atoms with Crippen molar-refractivity contribution in [3.05, 3.63) is 87.9 Å². The van der Waals surface area contributed by atoms with Crippen LogP contribution >= 0.6 is 27.7 Å². The largest absolute Gasteiger partial charge is 0.274 e. The van der Waals surface area contributed by atoms with Crippen molar-refractivity contribution in [2.45, 2.75) is 28.1 Å². The van der Waals surface area contributed by atoms with Gasteiger partial charge in [0, 0.05) is 16.0 Å². The summed E-state index contributed by atoms with van der Waals surface area (Å²) in [6.45, 7) is 0. The molecular formula is C23H21BrN2O5S3. The third-order valence-electron chi connectivity index (χ3n) is 5.40. The highest BCUT2D eigenvalue weighted by Crippen LogP contribution is 2.36. The van der Waals surface area contributed by atoms with Gasteiger partial charge in [0.05, 0.1) is 11.3 Å². The number of sulfonamides is 2. The van der Waals surface area contributed by atoms with Crippen LogP contribution in [0.15, 0.2) is 76.1 Å². The second-order valence-corrected chi connectivity index (χ2v) is 13.1. The highest BCUT2D eigenvalue weighted by Gasteiger charge is 2.38. The summed E-state index contributed by atoms with van der Waals surface area (Å²) in [5.74, 6) is 1.01. The van der Waals surface area contributed by atoms with Gasteiger partial charge in [-0.1, -0.05) is 64.5 Å². The quantitative estimate of drug-likeness (QED) is 0.434. The van der Waals surface area contributed by atoms with E-state index in [0.717, 1.165) is 33.8 Å². The summed E-state index contributed by atoms with van der Waals surface area (Å²) >= 11 is 5.17. The van der Waals surface area contributed by atoms with Crippen LogP contribution < -0.4 is 9.86 Å². The van der Waals surface area contributed by atoms with Crippen molar-refractivity contribution in [3.63, 3.8) is 0 Å². The lowest BCUT2D eigenvalue weighted by Crippen LogP contribution is -2.21. The number of nitrogens with two attached hydrogens (primary N) is 1. The molecule has 1 atom stereocenters. The van der Waals surface area contributed by atoms with E-state index in [1.165, 1.54) is 6.07 Å². The van der Waals surface area contributed by atoms with Gasteiger partial charge in [-0.05, 0) is 46.0 Å². The number of hydrogen-bond donors (Lipinski definition) is 2. The fourth-order valence-corrected chi connectivity index (χ4v) is 7.49. The smallest absolute Gasteiger partial charge is 0.242 e. The molecule has 1 heterocycles. The topological polar surface area (TPSA) is 123 Å². The summed E-state index contributed by atoms with van der Waals surface area (Å²) in [7, 11) is -7.44. The lowest BCUT2D eigenvalue weighted by atomic mass is 10.0. The van der Waals surface area contributed by atoms with Gasteiger partial charge >= 0.3 is 0 Å². The maximum atomic E-state index is 12.1. The monoisotopic (exact) mass is 580 g/mol. The van der Waals surface area contributed by atoms with Gasteiger partial charge in [0.25, 0.3) is 0 Å². The molecule has 1 amide bonds. The van der Waals surface area contributed by atoms with Gasteiger partial charge in [0.1, 0.15) is 5.25 Å². The zero-order chi connectivity index (χ0) is 24.5. The highest BCUT2D eigenvalue weighted by atomic mass is 79.9. The first kappa shape index (κ1) is 24.9. The molecule has 4 rings (SSSR count). The van der Waals surface area contributed by atoms with Crippen LogP contribution in [0.3, 0.4) is 0 Å². The molecular weight excluding hydrogens is 560 g/mol. The summed E-state index contributed by atoms with van der Waals surface area (Å²) in [4.78, 5) is 11.6. The Hall–Kier alpha value is -2.18. The molecule has 3 N–H and O–H groups in total. The van der Waals surface area contributed by atoms with Gasteiger partial charge in [-0.3, -0.25) is 9.52 Å². The SMILES string of the molecule is NS(=O)(=O)c1cccc(-c2ccc(CSCc3ccc(C4CC(=O)NS4(=O)=O)c(Br)c3)cc2)c1. The molecule has 178 valence electrons. The van der Waals surface area contributed by atoms with Crippen molar-refractivity contribution in [3.8, 4) is 11.1 Å². The number of nitrogens with one attached hydrogen (secondary N) is 1. The van der Waals surface area contributed by atoms with Gasteiger partial charge in [-0.25, -0.2) is 22.0 Å². The summed E-state index contributed by atoms with van der Waals surface area (Å²) in [6, 6.07) is 20.0. The molecule has 11 heteroatoms. The van der Waals surface area contributed by atoms with E-state index < -0.39 is 31.2 Å². The van der Waals surface area contributed by atoms with Gasteiger partial charge in [0.2, 0.25) is 26.0 Å². The van der Waals surface area contributed by atoms with Crippen molar-refractivity contribution >= 4 is 53.6 Å². The van der Waals surface area contributed by atoms with Crippen molar-refractivity contribution in [1.29, 1.82) is 0 Å². The summed E-state index contributed by atoms with van der Waals surface area (Å²) in [6.07, 6.45) is -0.0721. The van der Waals surface area contributed by atoms with Crippen molar-refractivity contribution in [1.82, 2.24) is 4.72 Å². The van der Waals surface area contributed by atoms with Gasteiger partial charge in [-0.15, -0.1) is 0 Å². The zero-order valence-corrected chi connectivity index (χ0v) is 21.8. The van der Waals surface area contributed by atoms with Crippen LogP contribution in [0.1, 0.15) is 28.4 Å². The lowest BCUT2D eigenvalue weighted by Gasteiger charge is -2.12. The Kier molecular flexibility index (Phi) is 7.20. The molecule has 1 aliphatic rings. The predicted octanol–water partition coefficient (Wildman–Crippen LogP) is 4.09. The van der Waals surface area contributed by atoms with Crippen LogP contribution in [0.4, 0.5) is 0 Å². The molecule has 0 saturated carbocycles. The van der Waals surface area contributed by atoms with E-state index in [-0.39, 0.29) is 11.3 Å². The zero-order valence-electron chi connectivity index (χ0n) is 17.8. The molecule has 1 unspecified atom stereocenters. The molecule has 0 radical (unpaired) electrons. The molecule has 1 fully saturated rings. The molecule has 1 aliphatic heterocycles. The minimum atomic E-state index is -3.75. The number of carbonyl (C=O) groups excluding carboxylic acids is 1. The first-order valence-electron chi connectivity index (χ1n) is 10.2. The fraction of sp³-hybridized carbons (Fsp3) is 0.174. The normalized spacial score (nSPS) is 17.5. The van der Waals surface area contributed by atoms with Gasteiger partial charge < -0.3 is 0 Å². The fourth-order valence-electron chi connectivity index (χ4n) is 3.68. The van der Waals surface area contributed by atoms with Crippen molar-refractivity contribution in [2.75, 3.05) is 0 Å². The molecule has 3 aromatic rings. The molecule has 0 aromatic heterocycles. The Morgan fingerprint density at radius 3 is 2.26 bits per heavy atom. The van der Waals surface area contributed by atoms with E-state index in [2.05, 4.69) is 15.9 Å². The molecule has 34 heavy (non-hydrogen) atoms. The van der Waals surface area contributed by atoms with Crippen LogP contribution in [0.25, 0.3) is 11.1 Å². The average Bonchev–Trinajstić information content (AvgIpc) is 3.05. The van der Waals surface area contributed by atoms with E-state index in [0.29, 0.717) is 10.0 Å². The Bertz CT molecular complexity index is 1460. The van der Waals surface area contributed by atoms with Gasteiger partial charge in [0.15, 0.2) is 0 Å². The number of amides is 1. The Labute approximate surface area is 211 Å². The van der Waals surface area contributed by atoms with E-state index in [4.69, 9.17) is 5.14 Å². The molecule has 0 aliphatic carbocycles. The number of benzene rings is 3. The molecule has 1 saturated heterocycles. The maximum absolute atomic E-state index is 12.1. The number of rotatable bonds is 7. The summed E-state index contributed by atoms with van der Waals surface area (Å²) in [5, 5.41) is 4.35. The standard InChI is InChI=1S/C23H21BrN2O5S3/c24-21-10-16(6-9-20(21)22-12-23(27)26-34(22,30)31)14-32-13-15-4-7-17(8-5-15)18-2-1-3-19(11-18)33(25,28)29/h1-11,22H,12-14H2,(H,26,27)(H2,25,28,29). The summed E-state index contributed by atoms with van der Waals surface area (Å²) < 4.78 is 50.1. The van der Waals surface area contributed by atoms with Gasteiger partial charge in [-0.2, -0.15) is 11.8 Å². The van der Waals surface area contributed by atoms with E-state index >= 15 is 0 Å². The lowest BCUT2D eigenvalue weighted by molar-refractivity contribution is -0.118. The molecule has 0 spiro atoms. The number of hydrogen-bond acceptors (Lipinski definition) is 6. The minimum absolute atomic E-state index is 0.0721. The van der Waals surface area contributed by atoms with Crippen LogP contribution in [-0.4, -0.2) is 22.7 Å². The highest BCUT2D eigenvalue weighted by molar-refractivity contribution is 9.10. The Morgan fingerprint density at radius 2 is 1.65 bits per heavy atom. The van der Waals surface area contributed by atoms with Crippen LogP contribution in [0.5, 0.6) is 0 Å². The maximum Gasteiger partial charge on any atom is 0.242 e. The molecule has 3 aromatic carbocycles. The average molecular weight is 582 g/mol. The minimum Gasteiger partial charge on any atom is -0.274 e. The van der Waals surface area contributed by atoms with Crippen molar-refractivity contribution < 1.29 is 21.6 Å². The first-order chi connectivity index (χ1) is 16.0. The molecule has 7 nitrogen and oxygen atoms in total. The van der Waals surface area contributed by atoms with E-state index in [9.17, 15) is 21.6 Å². The summed E-state index contributed by atoms with van der Waals surface area (Å²) in [5.41, 5.74) is 4.40. The second-order valence-electron chi connectivity index (χ2n) is 7.88. The Morgan fingerprint density at radius 1 is 0.971 bits per heavy atom. The number of carbonyl (C=O) groups is 1. The number of thioether (sulfide) groups is 1. The van der Waals surface area contributed by atoms with E-state index in [1.54, 1.807) is 30.0 Å². The molecule has 0 bridgehead atoms. The van der Waals surface area contributed by atoms with Crippen LogP contribution in [0, 0.1) is 0 Å². The number of halogens is 1. The number of primary sulfonamides is 1. The van der Waals surface area contributed by atoms with Crippen LogP contribution in [0.2, 0.25) is 0 Å². The third-order valence-corrected chi connectivity index (χ3v) is 9.76. The Balaban J connectivity index is 1.38. The first-order valence-corrected chi connectivity index (χ1v) is 15.2. The second kappa shape index (κ2) is 9.82. The predicted molar refractivity (Wildman–Crippen MR) is 137 cm³/mol. The van der Waals surface area contributed by atoms with Crippen molar-refractivity contribution in [2.24, 2.45) is 5.14 Å². The van der Waals surface area contributed by atoms with Crippen LogP contribution in [-0.2, 0) is 36.3 Å². The third kappa shape index (κ3) is 5.72. The van der Waals surface area contributed by atoms with E-state index in [1.807, 2.05) is 47.2 Å².